The number of carbonyl (C=O) groups excluding carboxylic acids is 5. The summed E-state index contributed by atoms with van der Waals surface area (Å²) in [6.07, 6.45) is 5.91. The molecule has 16 nitrogen and oxygen atoms in total. The molecule has 60 heavy (non-hydrogen) atoms. The number of hydrogen-bond acceptors (Lipinski definition) is 12. The summed E-state index contributed by atoms with van der Waals surface area (Å²) in [5.41, 5.74) is 2.67. The number of hydrogen-bond donors (Lipinski definition) is 1. The van der Waals surface area contributed by atoms with E-state index >= 15 is 0 Å². The molecule has 0 saturated carbocycles. The average molecular weight is 821 g/mol. The van der Waals surface area contributed by atoms with Crippen LogP contribution in [0.4, 0.5) is 27.4 Å². The van der Waals surface area contributed by atoms with Crippen LogP contribution in [0.3, 0.4) is 0 Å². The predicted octanol–water partition coefficient (Wildman–Crippen LogP) is 3.28. The molecule has 314 valence electrons. The van der Waals surface area contributed by atoms with E-state index in [4.69, 9.17) is 11.3 Å². The number of nitrogens with one attached hydrogen (secondary N) is 1. The van der Waals surface area contributed by atoms with Crippen molar-refractivity contribution in [1.29, 1.82) is 0 Å². The van der Waals surface area contributed by atoms with E-state index < -0.39 is 35.5 Å². The maximum Gasteiger partial charge on any atom is 0.262 e. The molecule has 6 heterocycles. The van der Waals surface area contributed by atoms with Gasteiger partial charge in [0.05, 0.1) is 31.2 Å². The van der Waals surface area contributed by atoms with E-state index in [9.17, 15) is 28.4 Å². The number of fused-ring (bicyclic) bond motifs is 1. The highest BCUT2D eigenvalue weighted by Gasteiger charge is 2.45. The second-order valence-corrected chi connectivity index (χ2v) is 16.5. The molecule has 0 aliphatic carbocycles. The Hall–Kier alpha value is -6.15. The Morgan fingerprint density at radius 3 is 2.28 bits per heavy atom. The van der Waals surface area contributed by atoms with Crippen molar-refractivity contribution in [2.45, 2.75) is 64.1 Å². The normalized spacial score (nSPS) is 22.9. The molecule has 5 amide bonds. The van der Waals surface area contributed by atoms with Crippen LogP contribution < -0.4 is 24.8 Å². The fourth-order valence-corrected chi connectivity index (χ4v) is 9.23. The number of piperazine rings is 2. The number of anilines is 3. The zero-order valence-corrected chi connectivity index (χ0v) is 34.1. The van der Waals surface area contributed by atoms with Crippen LogP contribution in [-0.2, 0) is 20.8 Å². The highest BCUT2D eigenvalue weighted by Crippen LogP contribution is 2.37. The number of nitrogens with zero attached hydrogens (tertiary/aromatic N) is 9. The third kappa shape index (κ3) is 7.95. The van der Waals surface area contributed by atoms with E-state index in [1.54, 1.807) is 30.6 Å². The molecule has 8 rings (SSSR count). The predicted molar refractivity (Wildman–Crippen MR) is 220 cm³/mol. The van der Waals surface area contributed by atoms with Gasteiger partial charge in [-0.05, 0) is 74.9 Å². The first-order valence-electron chi connectivity index (χ1n) is 20.6. The van der Waals surface area contributed by atoms with E-state index in [1.165, 1.54) is 13.2 Å². The first kappa shape index (κ1) is 40.6. The van der Waals surface area contributed by atoms with Gasteiger partial charge in [0.25, 0.3) is 17.5 Å². The van der Waals surface area contributed by atoms with Gasteiger partial charge in [-0.2, -0.15) is 0 Å². The van der Waals surface area contributed by atoms with Crippen LogP contribution in [0.5, 0.6) is 5.75 Å². The van der Waals surface area contributed by atoms with Crippen LogP contribution in [0, 0.1) is 18.3 Å². The first-order chi connectivity index (χ1) is 28.9. The summed E-state index contributed by atoms with van der Waals surface area (Å²) >= 11 is 0. The number of rotatable bonds is 9. The van der Waals surface area contributed by atoms with Crippen LogP contribution >= 0.6 is 0 Å². The molecule has 2 aromatic carbocycles. The third-order valence-electron chi connectivity index (χ3n) is 12.6. The smallest absolute Gasteiger partial charge is 0.262 e. The highest BCUT2D eigenvalue weighted by molar-refractivity contribution is 6.23. The molecule has 1 N–H and O–H groups in total. The van der Waals surface area contributed by atoms with Gasteiger partial charge in [0.15, 0.2) is 0 Å². The number of amides is 5. The molecule has 0 radical (unpaired) electrons. The Morgan fingerprint density at radius 1 is 0.883 bits per heavy atom. The molecule has 3 atom stereocenters. The summed E-state index contributed by atoms with van der Waals surface area (Å²) in [6, 6.07) is 7.14. The minimum Gasteiger partial charge on any atom is -0.508 e. The monoisotopic (exact) mass is 820 g/mol. The Morgan fingerprint density at radius 2 is 1.60 bits per heavy atom. The van der Waals surface area contributed by atoms with Crippen LogP contribution in [0.15, 0.2) is 42.7 Å². The molecule has 0 bridgehead atoms. The van der Waals surface area contributed by atoms with Crippen LogP contribution in [-0.4, -0.2) is 138 Å². The van der Waals surface area contributed by atoms with Gasteiger partial charge in [-0.1, -0.05) is 0 Å². The largest absolute Gasteiger partial charge is 0.508 e. The Bertz CT molecular complexity index is 2230. The van der Waals surface area contributed by atoms with Crippen molar-refractivity contribution < 1.29 is 33.1 Å². The summed E-state index contributed by atoms with van der Waals surface area (Å²) in [6.45, 7) is 18.2. The van der Waals surface area contributed by atoms with Crippen molar-refractivity contribution in [3.8, 4) is 5.75 Å². The summed E-state index contributed by atoms with van der Waals surface area (Å²) < 4.78 is 20.0. The molecular weight excluding hydrogens is 772 g/mol. The van der Waals surface area contributed by atoms with Crippen molar-refractivity contribution in [3.05, 3.63) is 76.7 Å². The van der Waals surface area contributed by atoms with Crippen LogP contribution in [0.1, 0.15) is 65.8 Å². The molecule has 5 aliphatic heterocycles. The van der Waals surface area contributed by atoms with E-state index in [0.717, 1.165) is 74.8 Å². The van der Waals surface area contributed by atoms with E-state index in [2.05, 4.69) is 34.8 Å². The van der Waals surface area contributed by atoms with Gasteiger partial charge >= 0.3 is 0 Å². The lowest BCUT2D eigenvalue weighted by atomic mass is 9.96. The zero-order valence-electron chi connectivity index (χ0n) is 34.1. The molecule has 1 aromatic heterocycles. The number of aromatic nitrogens is 2. The topological polar surface area (TPSA) is 156 Å². The van der Waals surface area contributed by atoms with Crippen molar-refractivity contribution in [2.24, 2.45) is 5.92 Å². The second kappa shape index (κ2) is 16.8. The summed E-state index contributed by atoms with van der Waals surface area (Å²) in [5.74, 6) is -1.26. The molecule has 4 saturated heterocycles. The molecule has 5 aliphatic rings. The zero-order chi connectivity index (χ0) is 42.2. The number of benzene rings is 2. The lowest BCUT2D eigenvalue weighted by Crippen LogP contribution is -2.58. The summed E-state index contributed by atoms with van der Waals surface area (Å²) in [4.78, 5) is 88.4. The molecule has 17 heteroatoms. The Balaban J connectivity index is 0.781. The highest BCUT2D eigenvalue weighted by atomic mass is 19.1. The summed E-state index contributed by atoms with van der Waals surface area (Å²) in [5, 5.41) is 2.24. The van der Waals surface area contributed by atoms with Gasteiger partial charge in [0.1, 0.15) is 17.6 Å². The van der Waals surface area contributed by atoms with Crippen molar-refractivity contribution >= 4 is 52.5 Å². The quantitative estimate of drug-likeness (QED) is 0.249. The lowest BCUT2D eigenvalue weighted by Gasteiger charge is -2.45. The van der Waals surface area contributed by atoms with Gasteiger partial charge in [-0.15, -0.1) is 0 Å². The molecule has 3 aromatic rings. The second-order valence-electron chi connectivity index (χ2n) is 16.5. The van der Waals surface area contributed by atoms with Gasteiger partial charge in [-0.3, -0.25) is 39.1 Å². The van der Waals surface area contributed by atoms with Gasteiger partial charge in [0.2, 0.25) is 23.7 Å². The van der Waals surface area contributed by atoms with Crippen molar-refractivity contribution in [3.63, 3.8) is 0 Å². The number of methoxy groups -OCH3 is 1. The first-order valence-corrected chi connectivity index (χ1v) is 20.6. The number of piperidine rings is 2. The fourth-order valence-electron chi connectivity index (χ4n) is 9.23. The SMILES string of the molecule is [C-]#[N+]c1c(F)cc(N2C[C@@H](C)N(C(=O)Cc3cnc(N4CCC(CN5CCN(c6ccc7c(c6)C(=O)N(C6CCC(=O)NC6=O)C7=O)CC5)CC4)nc3)C[C@@H]2C)cc1OC. The number of carbonyl (C=O) groups is 5. The molecule has 0 spiro atoms. The maximum absolute atomic E-state index is 14.7. The van der Waals surface area contributed by atoms with Crippen molar-refractivity contribution in [1.82, 2.24) is 30.0 Å². The van der Waals surface area contributed by atoms with Crippen LogP contribution in [0.2, 0.25) is 0 Å². The minimum atomic E-state index is -0.983. The molecule has 4 fully saturated rings. The van der Waals surface area contributed by atoms with Crippen molar-refractivity contribution in [2.75, 3.05) is 80.7 Å². The molecule has 1 unspecified atom stereocenters. The Labute approximate surface area is 348 Å². The van der Waals surface area contributed by atoms with Gasteiger partial charge in [-0.25, -0.2) is 19.2 Å². The number of ether oxygens (including phenoxy) is 1. The van der Waals surface area contributed by atoms with E-state index in [0.29, 0.717) is 36.2 Å². The molecular formula is C43H49FN10O6. The average Bonchev–Trinajstić information content (AvgIpc) is 3.49. The lowest BCUT2D eigenvalue weighted by molar-refractivity contribution is -0.136. The number of imide groups is 2. The standard InChI is InChI=1S/C43H49FN10O6/c1-26-24-53(27(2)23-52(26)31-19-34(44)39(45-3)36(20-31)60-4)38(56)17-29-21-46-43(47-22-29)51-11-9-28(10-12-51)25-49-13-15-50(16-14-49)30-5-6-32-33(18-30)42(59)54(41(32)58)35-7-8-37(55)48-40(35)57/h5-6,18-22,26-28,35H,7-17,23-25H2,1-2,4H3,(H,48,55,57)/t26-,27+,35?/m0/s1. The maximum atomic E-state index is 14.7. The van der Waals surface area contributed by atoms with Gasteiger partial charge in [0, 0.05) is 101 Å². The van der Waals surface area contributed by atoms with E-state index in [-0.39, 0.29) is 54.3 Å². The third-order valence-corrected chi connectivity index (χ3v) is 12.6. The van der Waals surface area contributed by atoms with Gasteiger partial charge < -0.3 is 24.3 Å². The fraction of sp³-hybridized carbons (Fsp3) is 0.488. The summed E-state index contributed by atoms with van der Waals surface area (Å²) in [7, 11) is 1.42. The van der Waals surface area contributed by atoms with E-state index in [1.807, 2.05) is 29.7 Å². The van der Waals surface area contributed by atoms with Crippen LogP contribution in [0.25, 0.3) is 4.85 Å². The Kier molecular flexibility index (Phi) is 11.4. The minimum absolute atomic E-state index is 0.0173. The number of halogens is 1.